The maximum Gasteiger partial charge on any atom is 0.326 e. The molecule has 2 aromatic heterocycles. The predicted octanol–water partition coefficient (Wildman–Crippen LogP) is 2.08. The Morgan fingerprint density at radius 2 is 2.14 bits per heavy atom. The van der Waals surface area contributed by atoms with Crippen molar-refractivity contribution in [1.82, 2.24) is 15.1 Å². The van der Waals surface area contributed by atoms with Gasteiger partial charge in [0.2, 0.25) is 0 Å². The van der Waals surface area contributed by atoms with Gasteiger partial charge in [0.05, 0.1) is 6.26 Å². The first kappa shape index (κ1) is 15.8. The Morgan fingerprint density at radius 1 is 1.41 bits per heavy atom. The van der Waals surface area contributed by atoms with Gasteiger partial charge in [-0.3, -0.25) is 14.7 Å². The highest BCUT2D eigenvalue weighted by molar-refractivity contribution is 5.94. The lowest BCUT2D eigenvalue weighted by Crippen LogP contribution is -2.36. The smallest absolute Gasteiger partial charge is 0.326 e. The fourth-order valence-electron chi connectivity index (χ4n) is 1.82. The van der Waals surface area contributed by atoms with Crippen LogP contribution in [0, 0.1) is 0 Å². The molecule has 0 aliphatic rings. The first-order valence-electron chi connectivity index (χ1n) is 6.83. The molecule has 0 aliphatic carbocycles. The lowest BCUT2D eigenvalue weighted by molar-refractivity contribution is -0.155. The molecule has 0 saturated carbocycles. The second-order valence-corrected chi connectivity index (χ2v) is 5.89. The van der Waals surface area contributed by atoms with Gasteiger partial charge in [0.25, 0.3) is 5.91 Å². The predicted molar refractivity (Wildman–Crippen MR) is 79.1 cm³/mol. The Balaban J connectivity index is 2.00. The second kappa shape index (κ2) is 6.05. The summed E-state index contributed by atoms with van der Waals surface area (Å²) in [5.74, 6) is -0.258. The maximum atomic E-state index is 12.2. The Labute approximate surface area is 128 Å². The molecule has 1 N–H and O–H groups in total. The fraction of sp³-hybridized carbons (Fsp3) is 0.400. The normalized spacial score (nSPS) is 11.3. The molecule has 0 aromatic carbocycles. The third-order valence-electron chi connectivity index (χ3n) is 2.72. The molecule has 0 unspecified atom stereocenters. The monoisotopic (exact) mass is 305 g/mol. The highest BCUT2D eigenvalue weighted by Crippen LogP contribution is 2.18. The maximum absolute atomic E-state index is 12.2. The number of furan rings is 1. The van der Waals surface area contributed by atoms with Crippen LogP contribution in [0.15, 0.2) is 28.9 Å². The van der Waals surface area contributed by atoms with E-state index in [1.165, 1.54) is 18.2 Å². The van der Waals surface area contributed by atoms with Gasteiger partial charge < -0.3 is 14.1 Å². The molecule has 1 amide bonds. The van der Waals surface area contributed by atoms with Gasteiger partial charge in [-0.2, -0.15) is 5.10 Å². The molecular weight excluding hydrogens is 286 g/mol. The number of aromatic amines is 1. The number of rotatable bonds is 4. The minimum atomic E-state index is -0.584. The van der Waals surface area contributed by atoms with E-state index in [1.54, 1.807) is 39.0 Å². The van der Waals surface area contributed by atoms with Crippen LogP contribution in [0.25, 0.3) is 11.5 Å². The Hall–Kier alpha value is -2.57. The van der Waals surface area contributed by atoms with Crippen LogP contribution in [0.2, 0.25) is 0 Å². The zero-order valence-corrected chi connectivity index (χ0v) is 13.0. The minimum Gasteiger partial charge on any atom is -0.463 e. The van der Waals surface area contributed by atoms with Crippen molar-refractivity contribution in [1.29, 1.82) is 0 Å². The van der Waals surface area contributed by atoms with Crippen LogP contribution in [0.1, 0.15) is 31.3 Å². The van der Waals surface area contributed by atoms with E-state index in [9.17, 15) is 9.59 Å². The lowest BCUT2D eigenvalue weighted by Gasteiger charge is -2.22. The van der Waals surface area contributed by atoms with Crippen LogP contribution in [0.4, 0.5) is 0 Å². The molecular formula is C15H19N3O4. The molecule has 2 heterocycles. The first-order chi connectivity index (χ1) is 10.3. The van der Waals surface area contributed by atoms with E-state index in [0.717, 1.165) is 0 Å². The van der Waals surface area contributed by atoms with Crippen molar-refractivity contribution in [2.24, 2.45) is 0 Å². The van der Waals surface area contributed by atoms with Crippen LogP contribution in [-0.2, 0) is 9.53 Å². The van der Waals surface area contributed by atoms with Crippen molar-refractivity contribution >= 4 is 11.9 Å². The number of carbonyl (C=O) groups excluding carboxylic acids is 2. The fourth-order valence-corrected chi connectivity index (χ4v) is 1.82. The molecule has 0 aliphatic heterocycles. The lowest BCUT2D eigenvalue weighted by atomic mass is 10.2. The molecule has 0 bridgehead atoms. The van der Waals surface area contributed by atoms with E-state index in [2.05, 4.69) is 10.2 Å². The van der Waals surface area contributed by atoms with Crippen molar-refractivity contribution in [3.63, 3.8) is 0 Å². The summed E-state index contributed by atoms with van der Waals surface area (Å²) in [6.07, 6.45) is 1.53. The average molecular weight is 305 g/mol. The van der Waals surface area contributed by atoms with Crippen molar-refractivity contribution in [2.75, 3.05) is 13.6 Å². The SMILES string of the molecule is CN(CC(=O)OC(C)(C)C)C(=O)c1cc(-c2ccco2)[nH]n1. The number of H-pyrrole nitrogens is 1. The highest BCUT2D eigenvalue weighted by atomic mass is 16.6. The highest BCUT2D eigenvalue weighted by Gasteiger charge is 2.22. The van der Waals surface area contributed by atoms with E-state index in [0.29, 0.717) is 11.5 Å². The zero-order chi connectivity index (χ0) is 16.3. The number of aromatic nitrogens is 2. The summed E-state index contributed by atoms with van der Waals surface area (Å²) < 4.78 is 10.4. The van der Waals surface area contributed by atoms with Gasteiger partial charge in [0.1, 0.15) is 17.8 Å². The molecule has 7 nitrogen and oxygen atoms in total. The Kier molecular flexibility index (Phi) is 4.35. The van der Waals surface area contributed by atoms with Crippen LogP contribution in [-0.4, -0.2) is 46.2 Å². The number of hydrogen-bond donors (Lipinski definition) is 1. The Morgan fingerprint density at radius 3 is 2.73 bits per heavy atom. The molecule has 2 rings (SSSR count). The molecule has 22 heavy (non-hydrogen) atoms. The van der Waals surface area contributed by atoms with Gasteiger partial charge in [-0.25, -0.2) is 0 Å². The summed E-state index contributed by atoms with van der Waals surface area (Å²) >= 11 is 0. The van der Waals surface area contributed by atoms with Gasteiger partial charge in [-0.1, -0.05) is 0 Å². The largest absolute Gasteiger partial charge is 0.463 e. The summed E-state index contributed by atoms with van der Waals surface area (Å²) in [7, 11) is 1.52. The van der Waals surface area contributed by atoms with Crippen LogP contribution >= 0.6 is 0 Å². The Bertz CT molecular complexity index is 653. The van der Waals surface area contributed by atoms with Gasteiger partial charge in [0.15, 0.2) is 11.5 Å². The summed E-state index contributed by atoms with van der Waals surface area (Å²) in [4.78, 5) is 25.2. The number of ether oxygens (including phenoxy) is 1. The number of amides is 1. The topological polar surface area (TPSA) is 88.4 Å². The molecule has 7 heteroatoms. The van der Waals surface area contributed by atoms with E-state index < -0.39 is 11.6 Å². The molecule has 2 aromatic rings. The zero-order valence-electron chi connectivity index (χ0n) is 13.0. The molecule has 0 spiro atoms. The van der Waals surface area contributed by atoms with Crippen molar-refractivity contribution in [2.45, 2.75) is 26.4 Å². The van der Waals surface area contributed by atoms with Gasteiger partial charge in [0, 0.05) is 13.1 Å². The third-order valence-corrected chi connectivity index (χ3v) is 2.72. The standard InChI is InChI=1S/C15H19N3O4/c1-15(2,3)22-13(19)9-18(4)14(20)11-8-10(16-17-11)12-6-5-7-21-12/h5-8H,9H2,1-4H3,(H,16,17). The molecule has 0 radical (unpaired) electrons. The van der Waals surface area contributed by atoms with Crippen molar-refractivity contribution < 1.29 is 18.7 Å². The summed E-state index contributed by atoms with van der Waals surface area (Å²) in [5, 5.41) is 6.67. The van der Waals surface area contributed by atoms with Crippen LogP contribution in [0.5, 0.6) is 0 Å². The molecule has 0 atom stereocenters. The quantitative estimate of drug-likeness (QED) is 0.874. The van der Waals surface area contributed by atoms with E-state index in [1.807, 2.05) is 0 Å². The minimum absolute atomic E-state index is 0.140. The van der Waals surface area contributed by atoms with Crippen molar-refractivity contribution in [3.8, 4) is 11.5 Å². The second-order valence-electron chi connectivity index (χ2n) is 5.89. The number of likely N-dealkylation sites (N-methyl/N-ethyl adjacent to an activating group) is 1. The van der Waals surface area contributed by atoms with Gasteiger partial charge >= 0.3 is 5.97 Å². The summed E-state index contributed by atoms with van der Waals surface area (Å²) in [6.45, 7) is 5.18. The number of nitrogens with zero attached hydrogens (tertiary/aromatic N) is 2. The number of nitrogens with one attached hydrogen (secondary N) is 1. The number of carbonyl (C=O) groups is 2. The van der Waals surface area contributed by atoms with Gasteiger partial charge in [-0.05, 0) is 32.9 Å². The summed E-state index contributed by atoms with van der Waals surface area (Å²) in [5.41, 5.74) is 0.219. The van der Waals surface area contributed by atoms with E-state index in [-0.39, 0.29) is 18.1 Å². The number of esters is 1. The molecule has 0 saturated heterocycles. The number of hydrogen-bond acceptors (Lipinski definition) is 5. The molecule has 118 valence electrons. The van der Waals surface area contributed by atoms with Crippen LogP contribution in [0.3, 0.4) is 0 Å². The van der Waals surface area contributed by atoms with E-state index >= 15 is 0 Å². The molecule has 0 fully saturated rings. The van der Waals surface area contributed by atoms with Crippen molar-refractivity contribution in [3.05, 3.63) is 30.2 Å². The first-order valence-corrected chi connectivity index (χ1v) is 6.83. The summed E-state index contributed by atoms with van der Waals surface area (Å²) in [6, 6.07) is 5.07. The average Bonchev–Trinajstić information content (AvgIpc) is 3.06. The van der Waals surface area contributed by atoms with Crippen LogP contribution < -0.4 is 0 Å². The van der Waals surface area contributed by atoms with E-state index in [4.69, 9.17) is 9.15 Å². The van der Waals surface area contributed by atoms with Gasteiger partial charge in [-0.15, -0.1) is 0 Å². The third kappa shape index (κ3) is 3.97.